The Kier molecular flexibility index (Phi) is 4.52. The zero-order chi connectivity index (χ0) is 12.2. The van der Waals surface area contributed by atoms with Crippen LogP contribution in [0.15, 0.2) is 68.1 Å². The molecule has 0 nitrogen and oxygen atoms in total. The molecule has 0 saturated heterocycles. The fourth-order valence-corrected chi connectivity index (χ4v) is 5.56. The van der Waals surface area contributed by atoms with Crippen LogP contribution in [-0.2, 0) is 0 Å². The first-order valence-corrected chi connectivity index (χ1v) is 9.56. The summed E-state index contributed by atoms with van der Waals surface area (Å²) < 4.78 is 0. The number of thioether (sulfide) groups is 4. The second-order valence-electron chi connectivity index (χ2n) is 3.76. The van der Waals surface area contributed by atoms with Crippen LogP contribution in [0.5, 0.6) is 0 Å². The van der Waals surface area contributed by atoms with Gasteiger partial charge in [-0.15, -0.1) is 47.0 Å². The van der Waals surface area contributed by atoms with Crippen molar-refractivity contribution in [2.24, 2.45) is 0 Å². The van der Waals surface area contributed by atoms with Crippen molar-refractivity contribution in [2.75, 3.05) is 10.2 Å². The maximum atomic E-state index is 2.23. The summed E-state index contributed by atoms with van der Waals surface area (Å²) in [5.41, 5.74) is 0. The van der Waals surface area contributed by atoms with E-state index in [4.69, 9.17) is 0 Å². The van der Waals surface area contributed by atoms with Gasteiger partial charge < -0.3 is 0 Å². The summed E-state index contributed by atoms with van der Waals surface area (Å²) in [6, 6.07) is 17.8. The minimum Gasteiger partial charge on any atom is -0.115 e. The quantitative estimate of drug-likeness (QED) is 0.613. The lowest BCUT2D eigenvalue weighted by atomic mass is 10.4. The average Bonchev–Trinajstić information content (AvgIpc) is 2.43. The summed E-state index contributed by atoms with van der Waals surface area (Å²) in [5, 5.41) is 2.14. The van der Waals surface area contributed by atoms with Crippen molar-refractivity contribution in [3.8, 4) is 0 Å². The van der Waals surface area contributed by atoms with Gasteiger partial charge in [0.05, 0.1) is 0 Å². The molecule has 6 rings (SSSR count). The molecule has 0 unspecified atom stereocenters. The summed E-state index contributed by atoms with van der Waals surface area (Å²) in [6.07, 6.45) is 0. The fraction of sp³-hybridized carbons (Fsp3) is 0.143. The molecule has 4 heteroatoms. The molecular weight excluding hydrogens is 296 g/mol. The Hall–Kier alpha value is -0.160. The summed E-state index contributed by atoms with van der Waals surface area (Å²) in [5.74, 6) is 0. The van der Waals surface area contributed by atoms with E-state index in [0.717, 1.165) is 10.2 Å². The zero-order valence-corrected chi connectivity index (χ0v) is 12.9. The maximum Gasteiger partial charge on any atom is 0.0486 e. The van der Waals surface area contributed by atoms with Gasteiger partial charge in [-0.25, -0.2) is 0 Å². The minimum absolute atomic E-state index is 1.07. The van der Waals surface area contributed by atoms with Gasteiger partial charge >= 0.3 is 0 Å². The third kappa shape index (κ3) is 3.44. The lowest BCUT2D eigenvalue weighted by molar-refractivity contribution is 1.35. The molecule has 0 radical (unpaired) electrons. The minimum atomic E-state index is 1.07. The molecule has 2 aromatic carbocycles. The lowest BCUT2D eigenvalue weighted by Crippen LogP contribution is -1.80. The van der Waals surface area contributed by atoms with Gasteiger partial charge in [0.2, 0.25) is 0 Å². The Morgan fingerprint density at radius 2 is 0.667 bits per heavy atom. The molecule has 0 aromatic heterocycles. The smallest absolute Gasteiger partial charge is 0.0486 e. The highest BCUT2D eigenvalue weighted by Gasteiger charge is 2.02. The van der Waals surface area contributed by atoms with E-state index in [-0.39, 0.29) is 0 Å². The number of hydrogen-bond donors (Lipinski definition) is 0. The zero-order valence-electron chi connectivity index (χ0n) is 9.67. The summed E-state index contributed by atoms with van der Waals surface area (Å²) in [6.45, 7) is 0. The van der Waals surface area contributed by atoms with Gasteiger partial charge in [-0.05, 0) is 48.5 Å². The van der Waals surface area contributed by atoms with Crippen LogP contribution in [0.2, 0.25) is 0 Å². The van der Waals surface area contributed by atoms with E-state index >= 15 is 0 Å². The van der Waals surface area contributed by atoms with Crippen LogP contribution >= 0.6 is 47.0 Å². The van der Waals surface area contributed by atoms with Crippen LogP contribution in [-0.4, -0.2) is 10.2 Å². The number of hydrogen-bond acceptors (Lipinski definition) is 4. The van der Waals surface area contributed by atoms with E-state index in [1.165, 1.54) is 19.6 Å². The molecule has 0 amide bonds. The first-order chi connectivity index (χ1) is 8.90. The van der Waals surface area contributed by atoms with Crippen LogP contribution in [0.1, 0.15) is 0 Å². The Bertz CT molecular complexity index is 409. The highest BCUT2D eigenvalue weighted by atomic mass is 32.2. The molecule has 18 heavy (non-hydrogen) atoms. The van der Waals surface area contributed by atoms with Gasteiger partial charge in [0.15, 0.2) is 0 Å². The van der Waals surface area contributed by atoms with Crippen LogP contribution in [0.4, 0.5) is 0 Å². The van der Waals surface area contributed by atoms with Gasteiger partial charge in [-0.3, -0.25) is 0 Å². The van der Waals surface area contributed by atoms with Crippen molar-refractivity contribution < 1.29 is 0 Å². The van der Waals surface area contributed by atoms with Gasteiger partial charge in [0.1, 0.15) is 0 Å². The van der Waals surface area contributed by atoms with Crippen molar-refractivity contribution in [3.63, 3.8) is 0 Å². The van der Waals surface area contributed by atoms with Crippen molar-refractivity contribution in [1.29, 1.82) is 0 Å². The Balaban J connectivity index is 1.82. The Morgan fingerprint density at radius 1 is 0.444 bits per heavy atom. The molecule has 2 aromatic rings. The van der Waals surface area contributed by atoms with Gasteiger partial charge in [-0.1, -0.05) is 0 Å². The molecular formula is C14H12S4. The average molecular weight is 309 g/mol. The van der Waals surface area contributed by atoms with Crippen LogP contribution in [0.3, 0.4) is 0 Å². The van der Waals surface area contributed by atoms with Gasteiger partial charge in [-0.2, -0.15) is 0 Å². The topological polar surface area (TPSA) is 0 Å². The third-order valence-corrected chi connectivity index (χ3v) is 6.86. The molecule has 4 aliphatic rings. The first kappa shape index (κ1) is 12.9. The summed E-state index contributed by atoms with van der Waals surface area (Å²) >= 11 is 7.62. The molecule has 92 valence electrons. The number of benzene rings is 2. The normalized spacial score (nSPS) is 15.6. The van der Waals surface area contributed by atoms with E-state index in [2.05, 4.69) is 48.5 Å². The maximum absolute atomic E-state index is 2.23. The lowest BCUT2D eigenvalue weighted by Gasteiger charge is -2.07. The predicted octanol–water partition coefficient (Wildman–Crippen LogP) is 5.68. The van der Waals surface area contributed by atoms with E-state index in [1.54, 1.807) is 0 Å². The van der Waals surface area contributed by atoms with Crippen LogP contribution in [0.25, 0.3) is 0 Å². The number of rotatable bonds is 0. The largest absolute Gasteiger partial charge is 0.115 e. The van der Waals surface area contributed by atoms with Crippen LogP contribution in [0, 0.1) is 0 Å². The molecule has 0 spiro atoms. The predicted molar refractivity (Wildman–Crippen MR) is 86.0 cm³/mol. The highest BCUT2D eigenvalue weighted by molar-refractivity contribution is 8.16. The monoisotopic (exact) mass is 308 g/mol. The van der Waals surface area contributed by atoms with E-state index in [0.29, 0.717) is 0 Å². The molecule has 4 aliphatic heterocycles. The first-order valence-electron chi connectivity index (χ1n) is 5.61. The molecule has 4 bridgehead atoms. The van der Waals surface area contributed by atoms with Gasteiger partial charge in [0.25, 0.3) is 0 Å². The second kappa shape index (κ2) is 6.33. The molecule has 0 atom stereocenters. The van der Waals surface area contributed by atoms with Crippen molar-refractivity contribution in [3.05, 3.63) is 48.5 Å². The molecule has 0 N–H and O–H groups in total. The van der Waals surface area contributed by atoms with E-state index in [1.807, 2.05) is 47.0 Å². The van der Waals surface area contributed by atoms with E-state index in [9.17, 15) is 0 Å². The Labute approximate surface area is 125 Å². The SMILES string of the molecule is c1cc2ccc1SCSc1ccc(cc1)SCS2. The summed E-state index contributed by atoms with van der Waals surface area (Å²) in [4.78, 5) is 5.42. The van der Waals surface area contributed by atoms with Crippen molar-refractivity contribution in [1.82, 2.24) is 0 Å². The van der Waals surface area contributed by atoms with Crippen molar-refractivity contribution >= 4 is 47.0 Å². The summed E-state index contributed by atoms with van der Waals surface area (Å²) in [7, 11) is 0. The van der Waals surface area contributed by atoms with Crippen LogP contribution < -0.4 is 0 Å². The standard InChI is InChI=1S/C14H12S4/c1-2-12-4-3-11(1)15-9-17-13-5-7-14(8-6-13)18-10-16-12/h1-8H,9-10H2. The fourth-order valence-electron chi connectivity index (χ4n) is 1.60. The molecule has 4 heterocycles. The van der Waals surface area contributed by atoms with E-state index < -0.39 is 0 Å². The molecule has 0 saturated carbocycles. The second-order valence-corrected chi connectivity index (χ2v) is 8.68. The molecule has 0 aliphatic carbocycles. The molecule has 0 fully saturated rings. The highest BCUT2D eigenvalue weighted by Crippen LogP contribution is 2.33. The van der Waals surface area contributed by atoms with Gasteiger partial charge in [0, 0.05) is 29.8 Å². The van der Waals surface area contributed by atoms with Crippen molar-refractivity contribution in [2.45, 2.75) is 19.6 Å². The third-order valence-electron chi connectivity index (χ3n) is 2.55. The Morgan fingerprint density at radius 3 is 0.889 bits per heavy atom.